The van der Waals surface area contributed by atoms with Gasteiger partial charge in [0.15, 0.2) is 0 Å². The van der Waals surface area contributed by atoms with Crippen molar-refractivity contribution in [3.05, 3.63) is 11.3 Å². The fourth-order valence-electron chi connectivity index (χ4n) is 2.60. The van der Waals surface area contributed by atoms with E-state index in [0.717, 1.165) is 23.8 Å². The third kappa shape index (κ3) is 4.22. The molecule has 2 heterocycles. The van der Waals surface area contributed by atoms with Crippen molar-refractivity contribution in [3.8, 4) is 0 Å². The number of nitrogens with zero attached hydrogens (tertiary/aromatic N) is 3. The second kappa shape index (κ2) is 7.15. The van der Waals surface area contributed by atoms with E-state index in [1.54, 1.807) is 0 Å². The summed E-state index contributed by atoms with van der Waals surface area (Å²) in [4.78, 5) is 16.9. The fourth-order valence-corrected chi connectivity index (χ4v) is 3.34. The van der Waals surface area contributed by atoms with Crippen molar-refractivity contribution in [2.24, 2.45) is 5.41 Å². The Hall–Kier alpha value is -1.18. The molecule has 7 heteroatoms. The first-order valence-electron chi connectivity index (χ1n) is 8.07. The molecule has 0 bridgehead atoms. The fraction of sp³-hybridized carbons (Fsp3) is 0.750. The van der Waals surface area contributed by atoms with Crippen molar-refractivity contribution in [3.63, 3.8) is 0 Å². The summed E-state index contributed by atoms with van der Waals surface area (Å²) in [7, 11) is 1.82. The molecule has 0 radical (unpaired) electrons. The predicted molar refractivity (Wildman–Crippen MR) is 94.2 cm³/mol. The van der Waals surface area contributed by atoms with E-state index in [1.165, 1.54) is 11.5 Å². The number of anilines is 1. The van der Waals surface area contributed by atoms with Crippen molar-refractivity contribution in [1.29, 1.82) is 0 Å². The lowest BCUT2D eigenvalue weighted by molar-refractivity contribution is 0.0137. The maximum atomic E-state index is 12.7. The molecule has 2 N–H and O–H groups in total. The maximum Gasteiger partial charge on any atom is 0.258 e. The smallest absolute Gasteiger partial charge is 0.258 e. The Morgan fingerprint density at radius 2 is 1.96 bits per heavy atom. The SMILES string of the molecule is CNc1snc(C)c1C(=O)N1CCN(C[C@@H](O)C(C)(C)C)CC1. The van der Waals surface area contributed by atoms with E-state index < -0.39 is 0 Å². The van der Waals surface area contributed by atoms with E-state index in [9.17, 15) is 9.90 Å². The van der Waals surface area contributed by atoms with Crippen LogP contribution < -0.4 is 5.32 Å². The Kier molecular flexibility index (Phi) is 5.65. The molecule has 1 saturated heterocycles. The summed E-state index contributed by atoms with van der Waals surface area (Å²) < 4.78 is 4.27. The highest BCUT2D eigenvalue weighted by atomic mass is 32.1. The lowest BCUT2D eigenvalue weighted by atomic mass is 9.89. The van der Waals surface area contributed by atoms with Gasteiger partial charge in [-0.05, 0) is 23.9 Å². The van der Waals surface area contributed by atoms with Gasteiger partial charge in [0.2, 0.25) is 0 Å². The highest BCUT2D eigenvalue weighted by Crippen LogP contribution is 2.26. The van der Waals surface area contributed by atoms with Crippen LogP contribution in [-0.4, -0.2) is 71.1 Å². The standard InChI is InChI=1S/C16H28N4O2S/c1-11-13(14(17-5)23-18-11)15(22)20-8-6-19(7-9-20)10-12(21)16(2,3)4/h12,17,21H,6-10H2,1-5H3/t12-/m1/s1. The molecule has 1 aliphatic rings. The number of carbonyl (C=O) groups excluding carboxylic acids is 1. The van der Waals surface area contributed by atoms with Crippen LogP contribution in [0.4, 0.5) is 5.00 Å². The largest absolute Gasteiger partial charge is 0.391 e. The van der Waals surface area contributed by atoms with Gasteiger partial charge in [0.25, 0.3) is 5.91 Å². The van der Waals surface area contributed by atoms with Crippen LogP contribution in [-0.2, 0) is 0 Å². The number of rotatable bonds is 4. The second-order valence-corrected chi connectivity index (χ2v) is 7.97. The van der Waals surface area contributed by atoms with Gasteiger partial charge in [-0.1, -0.05) is 20.8 Å². The highest BCUT2D eigenvalue weighted by molar-refractivity contribution is 7.10. The van der Waals surface area contributed by atoms with Crippen LogP contribution in [0.3, 0.4) is 0 Å². The number of hydrogen-bond acceptors (Lipinski definition) is 6. The van der Waals surface area contributed by atoms with Gasteiger partial charge in [-0.15, -0.1) is 0 Å². The van der Waals surface area contributed by atoms with Crippen molar-refractivity contribution in [1.82, 2.24) is 14.2 Å². The Morgan fingerprint density at radius 3 is 2.48 bits per heavy atom. The minimum absolute atomic E-state index is 0.0524. The molecule has 0 aliphatic carbocycles. The zero-order chi connectivity index (χ0) is 17.2. The summed E-state index contributed by atoms with van der Waals surface area (Å²) in [5.41, 5.74) is 1.37. The number of β-amino-alcohol motifs (C(OH)–C–C–N with tert-alkyl or cyclic N) is 1. The average Bonchev–Trinajstić information content (AvgIpc) is 2.87. The number of amides is 1. The van der Waals surface area contributed by atoms with E-state index in [-0.39, 0.29) is 17.4 Å². The number of piperazine rings is 1. The quantitative estimate of drug-likeness (QED) is 0.872. The highest BCUT2D eigenvalue weighted by Gasteiger charge is 2.29. The van der Waals surface area contributed by atoms with Crippen molar-refractivity contribution < 1.29 is 9.90 Å². The van der Waals surface area contributed by atoms with Crippen molar-refractivity contribution in [2.75, 3.05) is 45.1 Å². The number of nitrogens with one attached hydrogen (secondary N) is 1. The van der Waals surface area contributed by atoms with E-state index in [1.807, 2.05) is 39.6 Å². The molecule has 6 nitrogen and oxygen atoms in total. The third-order valence-corrected chi connectivity index (χ3v) is 5.35. The molecule has 0 saturated carbocycles. The average molecular weight is 340 g/mol. The summed E-state index contributed by atoms with van der Waals surface area (Å²) in [6.45, 7) is 11.6. The maximum absolute atomic E-state index is 12.7. The van der Waals surface area contributed by atoms with E-state index in [2.05, 4.69) is 14.6 Å². The number of hydrogen-bond donors (Lipinski definition) is 2. The molecular weight excluding hydrogens is 312 g/mol. The molecule has 1 fully saturated rings. The third-order valence-electron chi connectivity index (χ3n) is 4.39. The lowest BCUT2D eigenvalue weighted by Gasteiger charge is -2.38. The lowest BCUT2D eigenvalue weighted by Crippen LogP contribution is -2.51. The van der Waals surface area contributed by atoms with Crippen LogP contribution in [0, 0.1) is 12.3 Å². The van der Waals surface area contributed by atoms with Gasteiger partial charge >= 0.3 is 0 Å². The van der Waals surface area contributed by atoms with Gasteiger partial charge in [0, 0.05) is 39.8 Å². The Balaban J connectivity index is 1.94. The van der Waals surface area contributed by atoms with Crippen LogP contribution in [0.5, 0.6) is 0 Å². The van der Waals surface area contributed by atoms with Gasteiger partial charge < -0.3 is 15.3 Å². The number of aryl methyl sites for hydroxylation is 1. The first kappa shape index (κ1) is 18.2. The molecule has 1 aliphatic heterocycles. The molecule has 2 rings (SSSR count). The Bertz CT molecular complexity index is 545. The number of aromatic nitrogens is 1. The van der Waals surface area contributed by atoms with Gasteiger partial charge in [0.1, 0.15) is 5.00 Å². The summed E-state index contributed by atoms with van der Waals surface area (Å²) in [5, 5.41) is 14.1. The van der Waals surface area contributed by atoms with E-state index in [0.29, 0.717) is 25.2 Å². The van der Waals surface area contributed by atoms with Gasteiger partial charge in [-0.2, -0.15) is 4.37 Å². The van der Waals surface area contributed by atoms with Gasteiger partial charge in [-0.3, -0.25) is 9.69 Å². The Labute approximate surface area is 142 Å². The van der Waals surface area contributed by atoms with E-state index in [4.69, 9.17) is 0 Å². The van der Waals surface area contributed by atoms with Crippen LogP contribution in [0.25, 0.3) is 0 Å². The molecule has 1 aromatic heterocycles. The molecule has 0 aromatic carbocycles. The van der Waals surface area contributed by atoms with Crippen LogP contribution in [0.2, 0.25) is 0 Å². The second-order valence-electron chi connectivity index (χ2n) is 7.20. The summed E-state index contributed by atoms with van der Waals surface area (Å²) in [5.74, 6) is 0.0524. The van der Waals surface area contributed by atoms with Crippen LogP contribution in [0.15, 0.2) is 0 Å². The number of carbonyl (C=O) groups is 1. The minimum atomic E-state index is -0.357. The summed E-state index contributed by atoms with van der Waals surface area (Å²) in [6, 6.07) is 0. The Morgan fingerprint density at radius 1 is 1.35 bits per heavy atom. The van der Waals surface area contributed by atoms with Gasteiger partial charge in [-0.25, -0.2) is 0 Å². The van der Waals surface area contributed by atoms with Crippen LogP contribution in [0.1, 0.15) is 36.8 Å². The molecule has 1 atom stereocenters. The summed E-state index contributed by atoms with van der Waals surface area (Å²) in [6.07, 6.45) is -0.357. The monoisotopic (exact) mass is 340 g/mol. The van der Waals surface area contributed by atoms with Crippen LogP contribution >= 0.6 is 11.5 Å². The molecule has 0 spiro atoms. The van der Waals surface area contributed by atoms with Gasteiger partial charge in [0.05, 0.1) is 17.4 Å². The van der Waals surface area contributed by atoms with E-state index >= 15 is 0 Å². The predicted octanol–water partition coefficient (Wildman–Crippen LogP) is 1.66. The first-order chi connectivity index (χ1) is 10.7. The number of aliphatic hydroxyl groups is 1. The molecule has 23 heavy (non-hydrogen) atoms. The normalized spacial score (nSPS) is 18.1. The molecule has 0 unspecified atom stereocenters. The van der Waals surface area contributed by atoms with Crippen molar-refractivity contribution in [2.45, 2.75) is 33.8 Å². The minimum Gasteiger partial charge on any atom is -0.391 e. The molecule has 130 valence electrons. The molecule has 1 amide bonds. The number of aliphatic hydroxyl groups excluding tert-OH is 1. The summed E-state index contributed by atoms with van der Waals surface area (Å²) >= 11 is 1.33. The zero-order valence-corrected chi connectivity index (χ0v) is 15.5. The molecule has 1 aromatic rings. The topological polar surface area (TPSA) is 68.7 Å². The van der Waals surface area contributed by atoms with Crippen molar-refractivity contribution >= 4 is 22.4 Å². The zero-order valence-electron chi connectivity index (χ0n) is 14.7. The first-order valence-corrected chi connectivity index (χ1v) is 8.85. The molecular formula is C16H28N4O2S.